The van der Waals surface area contributed by atoms with Crippen molar-refractivity contribution in [1.82, 2.24) is 4.90 Å². The number of hydrogen-bond donors (Lipinski definition) is 1. The third-order valence-electron chi connectivity index (χ3n) is 4.44. The lowest BCUT2D eigenvalue weighted by molar-refractivity contribution is -0.140. The van der Waals surface area contributed by atoms with E-state index in [4.69, 9.17) is 9.84 Å². The van der Waals surface area contributed by atoms with Gasteiger partial charge in [-0.15, -0.1) is 0 Å². The number of aliphatic carboxylic acids is 1. The lowest BCUT2D eigenvalue weighted by Gasteiger charge is -2.37. The SMILES string of the molecule is O=C(O)CC[C@@H]1CCCCN1C(=O)CC1CCOCC1. The minimum absolute atomic E-state index is 0.132. The zero-order chi connectivity index (χ0) is 14.4. The molecule has 1 amide bonds. The number of carboxylic acid groups (broad SMARTS) is 1. The molecule has 2 aliphatic rings. The molecule has 0 unspecified atom stereocenters. The molecule has 2 heterocycles. The number of carbonyl (C=O) groups is 2. The van der Waals surface area contributed by atoms with E-state index in [-0.39, 0.29) is 18.4 Å². The van der Waals surface area contributed by atoms with Gasteiger partial charge in [-0.1, -0.05) is 0 Å². The molecule has 20 heavy (non-hydrogen) atoms. The largest absolute Gasteiger partial charge is 0.481 e. The van der Waals surface area contributed by atoms with E-state index in [1.807, 2.05) is 4.90 Å². The first-order valence-electron chi connectivity index (χ1n) is 7.76. The van der Waals surface area contributed by atoms with Crippen LogP contribution >= 0.6 is 0 Å². The van der Waals surface area contributed by atoms with Gasteiger partial charge in [-0.05, 0) is 44.4 Å². The normalized spacial score (nSPS) is 24.6. The average molecular weight is 283 g/mol. The first-order valence-corrected chi connectivity index (χ1v) is 7.76. The highest BCUT2D eigenvalue weighted by Gasteiger charge is 2.28. The lowest BCUT2D eigenvalue weighted by atomic mass is 9.93. The van der Waals surface area contributed by atoms with Crippen molar-refractivity contribution >= 4 is 11.9 Å². The first kappa shape index (κ1) is 15.3. The van der Waals surface area contributed by atoms with Gasteiger partial charge < -0.3 is 14.7 Å². The van der Waals surface area contributed by atoms with Gasteiger partial charge >= 0.3 is 5.97 Å². The van der Waals surface area contributed by atoms with Crippen LogP contribution in [0.3, 0.4) is 0 Å². The summed E-state index contributed by atoms with van der Waals surface area (Å²) < 4.78 is 5.32. The number of likely N-dealkylation sites (tertiary alicyclic amines) is 1. The van der Waals surface area contributed by atoms with Gasteiger partial charge in [0.05, 0.1) is 0 Å². The van der Waals surface area contributed by atoms with Crippen LogP contribution in [-0.2, 0) is 14.3 Å². The van der Waals surface area contributed by atoms with Gasteiger partial charge in [0.2, 0.25) is 5.91 Å². The van der Waals surface area contributed by atoms with Gasteiger partial charge in [0.1, 0.15) is 0 Å². The second-order valence-electron chi connectivity index (χ2n) is 5.93. The number of ether oxygens (including phenoxy) is 1. The van der Waals surface area contributed by atoms with E-state index in [1.165, 1.54) is 0 Å². The Bertz CT molecular complexity index is 339. The van der Waals surface area contributed by atoms with Crippen LogP contribution in [0.4, 0.5) is 0 Å². The molecule has 5 heteroatoms. The lowest BCUT2D eigenvalue weighted by Crippen LogP contribution is -2.44. The Morgan fingerprint density at radius 1 is 1.15 bits per heavy atom. The molecule has 114 valence electrons. The molecule has 2 fully saturated rings. The number of piperidine rings is 1. The maximum absolute atomic E-state index is 12.5. The Morgan fingerprint density at radius 3 is 2.60 bits per heavy atom. The van der Waals surface area contributed by atoms with Gasteiger partial charge in [-0.25, -0.2) is 0 Å². The van der Waals surface area contributed by atoms with Gasteiger partial charge in [0, 0.05) is 38.6 Å². The number of carbonyl (C=O) groups excluding carboxylic acids is 1. The van der Waals surface area contributed by atoms with Crippen molar-refractivity contribution in [3.05, 3.63) is 0 Å². The van der Waals surface area contributed by atoms with Crippen LogP contribution in [-0.4, -0.2) is 47.7 Å². The molecule has 0 aliphatic carbocycles. The minimum atomic E-state index is -0.771. The molecular formula is C15H25NO4. The highest BCUT2D eigenvalue weighted by molar-refractivity contribution is 5.77. The van der Waals surface area contributed by atoms with Crippen LogP contribution in [0.1, 0.15) is 51.4 Å². The molecule has 1 N–H and O–H groups in total. The fourth-order valence-electron chi connectivity index (χ4n) is 3.23. The molecule has 2 rings (SSSR count). The number of amides is 1. The third kappa shape index (κ3) is 4.47. The standard InChI is InChI=1S/C15H25NO4/c17-14(11-12-6-9-20-10-7-12)16-8-2-1-3-13(16)4-5-15(18)19/h12-13H,1-11H2,(H,18,19)/t13-/m0/s1. The maximum Gasteiger partial charge on any atom is 0.303 e. The third-order valence-corrected chi connectivity index (χ3v) is 4.44. The van der Waals surface area contributed by atoms with E-state index in [2.05, 4.69) is 0 Å². The molecule has 5 nitrogen and oxygen atoms in total. The minimum Gasteiger partial charge on any atom is -0.481 e. The molecule has 0 bridgehead atoms. The molecule has 0 aromatic rings. The summed E-state index contributed by atoms with van der Waals surface area (Å²) in [7, 11) is 0. The van der Waals surface area contributed by atoms with Gasteiger partial charge in [-0.2, -0.15) is 0 Å². The number of carboxylic acids is 1. The van der Waals surface area contributed by atoms with E-state index in [0.717, 1.165) is 51.9 Å². The maximum atomic E-state index is 12.5. The molecular weight excluding hydrogens is 258 g/mol. The van der Waals surface area contributed by atoms with Crippen LogP contribution in [0.5, 0.6) is 0 Å². The van der Waals surface area contributed by atoms with Crippen molar-refractivity contribution in [3.8, 4) is 0 Å². The number of rotatable bonds is 5. The Kier molecular flexibility index (Phi) is 5.83. The van der Waals surface area contributed by atoms with Crippen LogP contribution < -0.4 is 0 Å². The quantitative estimate of drug-likeness (QED) is 0.838. The van der Waals surface area contributed by atoms with E-state index in [1.54, 1.807) is 0 Å². The molecule has 0 aromatic heterocycles. The molecule has 2 aliphatic heterocycles. The first-order chi connectivity index (χ1) is 9.66. The van der Waals surface area contributed by atoms with Crippen molar-refractivity contribution in [2.24, 2.45) is 5.92 Å². The van der Waals surface area contributed by atoms with Gasteiger partial charge in [-0.3, -0.25) is 9.59 Å². The summed E-state index contributed by atoms with van der Waals surface area (Å²) in [5.41, 5.74) is 0. The predicted molar refractivity (Wildman–Crippen MR) is 74.4 cm³/mol. The Balaban J connectivity index is 1.85. The van der Waals surface area contributed by atoms with Crippen molar-refractivity contribution in [2.75, 3.05) is 19.8 Å². The van der Waals surface area contributed by atoms with Crippen molar-refractivity contribution in [1.29, 1.82) is 0 Å². The topological polar surface area (TPSA) is 66.8 Å². The van der Waals surface area contributed by atoms with Crippen LogP contribution in [0.25, 0.3) is 0 Å². The van der Waals surface area contributed by atoms with Crippen molar-refractivity contribution in [2.45, 2.75) is 57.4 Å². The smallest absolute Gasteiger partial charge is 0.303 e. The van der Waals surface area contributed by atoms with Crippen molar-refractivity contribution < 1.29 is 19.4 Å². The highest BCUT2D eigenvalue weighted by Crippen LogP contribution is 2.25. The zero-order valence-corrected chi connectivity index (χ0v) is 12.1. The molecule has 0 aromatic carbocycles. The van der Waals surface area contributed by atoms with E-state index in [9.17, 15) is 9.59 Å². The number of nitrogens with zero attached hydrogens (tertiary/aromatic N) is 1. The summed E-state index contributed by atoms with van der Waals surface area (Å²) in [4.78, 5) is 25.1. The summed E-state index contributed by atoms with van der Waals surface area (Å²) in [6.45, 7) is 2.33. The Hall–Kier alpha value is -1.10. The average Bonchev–Trinajstić information content (AvgIpc) is 2.46. The monoisotopic (exact) mass is 283 g/mol. The fraction of sp³-hybridized carbons (Fsp3) is 0.867. The van der Waals surface area contributed by atoms with Gasteiger partial charge in [0.25, 0.3) is 0 Å². The van der Waals surface area contributed by atoms with Crippen LogP contribution in [0.15, 0.2) is 0 Å². The Morgan fingerprint density at radius 2 is 1.90 bits per heavy atom. The summed E-state index contributed by atoms with van der Waals surface area (Å²) >= 11 is 0. The molecule has 0 spiro atoms. The second-order valence-corrected chi connectivity index (χ2v) is 5.93. The zero-order valence-electron chi connectivity index (χ0n) is 12.1. The van der Waals surface area contributed by atoms with E-state index in [0.29, 0.717) is 18.8 Å². The summed E-state index contributed by atoms with van der Waals surface area (Å²) in [6.07, 6.45) is 6.40. The van der Waals surface area contributed by atoms with E-state index >= 15 is 0 Å². The fourth-order valence-corrected chi connectivity index (χ4v) is 3.23. The van der Waals surface area contributed by atoms with E-state index < -0.39 is 5.97 Å². The summed E-state index contributed by atoms with van der Waals surface area (Å²) in [5, 5.41) is 8.81. The molecule has 0 saturated carbocycles. The molecule has 1 atom stereocenters. The summed E-state index contributed by atoms with van der Waals surface area (Å²) in [5.74, 6) is -0.113. The van der Waals surface area contributed by atoms with Crippen LogP contribution in [0.2, 0.25) is 0 Å². The highest BCUT2D eigenvalue weighted by atomic mass is 16.5. The Labute approximate surface area is 120 Å². The van der Waals surface area contributed by atoms with Gasteiger partial charge in [0.15, 0.2) is 0 Å². The molecule has 0 radical (unpaired) electrons. The summed E-state index contributed by atoms with van der Waals surface area (Å²) in [6, 6.07) is 0.132. The predicted octanol–water partition coefficient (Wildman–Crippen LogP) is 2.05. The molecule has 2 saturated heterocycles. The van der Waals surface area contributed by atoms with Crippen molar-refractivity contribution in [3.63, 3.8) is 0 Å². The second kappa shape index (κ2) is 7.62. The number of hydrogen-bond acceptors (Lipinski definition) is 3. The van der Waals surface area contributed by atoms with Crippen LogP contribution in [0, 0.1) is 5.92 Å².